The number of rotatable bonds is 8. The van der Waals surface area contributed by atoms with Gasteiger partial charge in [0.15, 0.2) is 0 Å². The first-order chi connectivity index (χ1) is 17.6. The lowest BCUT2D eigenvalue weighted by Gasteiger charge is -2.29. The predicted octanol–water partition coefficient (Wildman–Crippen LogP) is 2.84. The van der Waals surface area contributed by atoms with Crippen molar-refractivity contribution in [3.05, 3.63) is 69.7 Å². The van der Waals surface area contributed by atoms with Gasteiger partial charge in [-0.1, -0.05) is 28.1 Å². The molecule has 0 spiro atoms. The minimum atomic E-state index is -3.65. The van der Waals surface area contributed by atoms with Crippen molar-refractivity contribution in [1.82, 2.24) is 14.1 Å². The van der Waals surface area contributed by atoms with E-state index in [2.05, 4.69) is 20.8 Å². The van der Waals surface area contributed by atoms with Gasteiger partial charge < -0.3 is 14.7 Å². The third kappa shape index (κ3) is 5.80. The molecule has 198 valence electrons. The first kappa shape index (κ1) is 27.5. The van der Waals surface area contributed by atoms with Crippen LogP contribution in [-0.4, -0.2) is 92.8 Å². The Labute approximate surface area is 225 Å². The van der Waals surface area contributed by atoms with E-state index in [0.29, 0.717) is 31.7 Å². The fraction of sp³-hybridized carbons (Fsp3) is 0.385. The molecule has 37 heavy (non-hydrogen) atoms. The number of ketones is 1. The van der Waals surface area contributed by atoms with E-state index < -0.39 is 27.8 Å². The molecule has 1 atom stereocenters. The standard InChI is InChI=1S/C26H30BrN3O6S/c1-28(2)37(34,35)21-10-6-19(7-11-21)24(31)22-23(18-4-8-20(27)9-5-18)30(26(33)25(22)32)13-3-12-29-14-16-36-17-15-29/h4-11,23,31H,3,12-17H2,1-2H3/b24-22-. The number of hydrogen-bond acceptors (Lipinski definition) is 7. The molecular weight excluding hydrogens is 562 g/mol. The summed E-state index contributed by atoms with van der Waals surface area (Å²) in [6, 6.07) is 12.1. The first-order valence-corrected chi connectivity index (χ1v) is 14.2. The summed E-state index contributed by atoms with van der Waals surface area (Å²) >= 11 is 3.42. The van der Waals surface area contributed by atoms with E-state index in [9.17, 15) is 23.1 Å². The van der Waals surface area contributed by atoms with Gasteiger partial charge >= 0.3 is 0 Å². The second-order valence-electron chi connectivity index (χ2n) is 9.16. The zero-order valence-electron chi connectivity index (χ0n) is 20.8. The van der Waals surface area contributed by atoms with Crippen LogP contribution in [0.25, 0.3) is 5.76 Å². The third-order valence-corrected chi connectivity index (χ3v) is 8.97. The summed E-state index contributed by atoms with van der Waals surface area (Å²) in [6.45, 7) is 4.12. The third-order valence-electron chi connectivity index (χ3n) is 6.61. The van der Waals surface area contributed by atoms with Crippen molar-refractivity contribution < 1.29 is 27.9 Å². The number of likely N-dealkylation sites (tertiary alicyclic amines) is 1. The highest BCUT2D eigenvalue weighted by Crippen LogP contribution is 2.40. The first-order valence-electron chi connectivity index (χ1n) is 12.0. The van der Waals surface area contributed by atoms with Crippen LogP contribution in [0.15, 0.2) is 63.5 Å². The summed E-state index contributed by atoms with van der Waals surface area (Å²) in [4.78, 5) is 30.2. The molecule has 2 aliphatic heterocycles. The highest BCUT2D eigenvalue weighted by molar-refractivity contribution is 9.10. The molecule has 2 aliphatic rings. The van der Waals surface area contributed by atoms with Gasteiger partial charge in [-0.05, 0) is 48.4 Å². The summed E-state index contributed by atoms with van der Waals surface area (Å²) in [5.74, 6) is -1.76. The van der Waals surface area contributed by atoms with Crippen LogP contribution in [0.1, 0.15) is 23.6 Å². The maximum Gasteiger partial charge on any atom is 0.295 e. The monoisotopic (exact) mass is 591 g/mol. The Balaban J connectivity index is 1.68. The molecule has 0 aromatic heterocycles. The lowest BCUT2D eigenvalue weighted by atomic mass is 9.95. The van der Waals surface area contributed by atoms with Crippen molar-refractivity contribution in [3.8, 4) is 0 Å². The van der Waals surface area contributed by atoms with Crippen molar-refractivity contribution in [2.45, 2.75) is 17.4 Å². The number of Topliss-reactive ketones (excluding diaryl/α,β-unsaturated/α-hetero) is 1. The van der Waals surface area contributed by atoms with Gasteiger partial charge in [0.05, 0.1) is 29.7 Å². The van der Waals surface area contributed by atoms with Crippen molar-refractivity contribution in [2.24, 2.45) is 0 Å². The molecule has 1 amide bonds. The molecule has 2 heterocycles. The summed E-state index contributed by atoms with van der Waals surface area (Å²) in [5, 5.41) is 11.2. The minimum Gasteiger partial charge on any atom is -0.507 e. The molecule has 2 aromatic rings. The molecule has 0 aliphatic carbocycles. The van der Waals surface area contributed by atoms with Crippen LogP contribution in [0.5, 0.6) is 0 Å². The fourth-order valence-corrected chi connectivity index (χ4v) is 5.71. The Hall–Kier alpha value is -2.57. The van der Waals surface area contributed by atoms with E-state index >= 15 is 0 Å². The number of sulfonamides is 1. The highest BCUT2D eigenvalue weighted by atomic mass is 79.9. The van der Waals surface area contributed by atoms with Gasteiger partial charge in [-0.2, -0.15) is 0 Å². The maximum absolute atomic E-state index is 13.2. The number of ether oxygens (including phenoxy) is 1. The Bertz CT molecular complexity index is 1290. The van der Waals surface area contributed by atoms with E-state index in [-0.39, 0.29) is 21.8 Å². The molecule has 1 N–H and O–H groups in total. The normalized spacial score (nSPS) is 20.6. The summed E-state index contributed by atoms with van der Waals surface area (Å²) < 4.78 is 32.2. The Morgan fingerprint density at radius 2 is 1.65 bits per heavy atom. The Morgan fingerprint density at radius 3 is 2.24 bits per heavy atom. The molecule has 11 heteroatoms. The number of halogens is 1. The van der Waals surface area contributed by atoms with Crippen molar-refractivity contribution in [1.29, 1.82) is 0 Å². The van der Waals surface area contributed by atoms with E-state index in [1.54, 1.807) is 0 Å². The average Bonchev–Trinajstić information content (AvgIpc) is 3.14. The summed E-state index contributed by atoms with van der Waals surface area (Å²) in [5.41, 5.74) is 0.940. The van der Waals surface area contributed by atoms with E-state index in [4.69, 9.17) is 4.74 Å². The molecule has 0 saturated carbocycles. The van der Waals surface area contributed by atoms with Crippen LogP contribution in [-0.2, 0) is 24.3 Å². The zero-order valence-corrected chi connectivity index (χ0v) is 23.2. The van der Waals surface area contributed by atoms with Gasteiger partial charge in [-0.3, -0.25) is 14.5 Å². The number of carbonyl (C=O) groups is 2. The van der Waals surface area contributed by atoms with Crippen LogP contribution >= 0.6 is 15.9 Å². The molecule has 9 nitrogen and oxygen atoms in total. The van der Waals surface area contributed by atoms with Gasteiger partial charge in [-0.15, -0.1) is 0 Å². The van der Waals surface area contributed by atoms with Gasteiger partial charge in [0, 0.05) is 50.3 Å². The van der Waals surface area contributed by atoms with Gasteiger partial charge in [0.2, 0.25) is 10.0 Å². The van der Waals surface area contributed by atoms with Gasteiger partial charge in [0.1, 0.15) is 5.76 Å². The predicted molar refractivity (Wildman–Crippen MR) is 142 cm³/mol. The SMILES string of the molecule is CN(C)S(=O)(=O)c1ccc(/C(O)=C2/C(=O)C(=O)N(CCCN3CCOCC3)C2c2ccc(Br)cc2)cc1. The van der Waals surface area contributed by atoms with Crippen LogP contribution in [0.3, 0.4) is 0 Å². The minimum absolute atomic E-state index is 0.0121. The number of amides is 1. The largest absolute Gasteiger partial charge is 0.507 e. The number of nitrogens with zero attached hydrogens (tertiary/aromatic N) is 3. The van der Waals surface area contributed by atoms with Crippen LogP contribution in [0, 0.1) is 0 Å². The lowest BCUT2D eigenvalue weighted by molar-refractivity contribution is -0.140. The second kappa shape index (κ2) is 11.4. The zero-order chi connectivity index (χ0) is 26.7. The molecule has 2 fully saturated rings. The second-order valence-corrected chi connectivity index (χ2v) is 12.2. The smallest absolute Gasteiger partial charge is 0.295 e. The number of hydrogen-bond donors (Lipinski definition) is 1. The summed E-state index contributed by atoms with van der Waals surface area (Å²) in [7, 11) is -0.789. The van der Waals surface area contributed by atoms with Crippen molar-refractivity contribution >= 4 is 43.4 Å². The van der Waals surface area contributed by atoms with Crippen LogP contribution in [0.2, 0.25) is 0 Å². The molecule has 0 bridgehead atoms. The number of benzene rings is 2. The molecule has 4 rings (SSSR count). The summed E-state index contributed by atoms with van der Waals surface area (Å²) in [6.07, 6.45) is 0.664. The van der Waals surface area contributed by atoms with Crippen LogP contribution < -0.4 is 0 Å². The topological polar surface area (TPSA) is 107 Å². The van der Waals surface area contributed by atoms with E-state index in [1.807, 2.05) is 24.3 Å². The average molecular weight is 593 g/mol. The maximum atomic E-state index is 13.2. The van der Waals surface area contributed by atoms with E-state index in [1.165, 1.54) is 43.3 Å². The highest BCUT2D eigenvalue weighted by Gasteiger charge is 2.45. The van der Waals surface area contributed by atoms with E-state index in [0.717, 1.165) is 28.4 Å². The number of morpholine rings is 1. The lowest BCUT2D eigenvalue weighted by Crippen LogP contribution is -2.38. The van der Waals surface area contributed by atoms with Gasteiger partial charge in [0.25, 0.3) is 11.7 Å². The molecular formula is C26H30BrN3O6S. The number of aliphatic hydroxyl groups is 1. The van der Waals surface area contributed by atoms with Gasteiger partial charge in [-0.25, -0.2) is 12.7 Å². The van der Waals surface area contributed by atoms with Crippen molar-refractivity contribution in [3.63, 3.8) is 0 Å². The molecule has 1 unspecified atom stereocenters. The molecule has 0 radical (unpaired) electrons. The van der Waals surface area contributed by atoms with Crippen molar-refractivity contribution in [2.75, 3.05) is 53.5 Å². The Kier molecular flexibility index (Phi) is 8.49. The number of carbonyl (C=O) groups excluding carboxylic acids is 2. The fourth-order valence-electron chi connectivity index (χ4n) is 4.54. The quantitative estimate of drug-likeness (QED) is 0.286. The molecule has 2 saturated heterocycles. The Morgan fingerprint density at radius 1 is 1.03 bits per heavy atom. The van der Waals surface area contributed by atoms with Crippen LogP contribution in [0.4, 0.5) is 0 Å². The number of aliphatic hydroxyl groups excluding tert-OH is 1. The molecule has 2 aromatic carbocycles.